The summed E-state index contributed by atoms with van der Waals surface area (Å²) < 4.78 is 0.103. The molecule has 0 spiro atoms. The van der Waals surface area contributed by atoms with Gasteiger partial charge in [-0.3, -0.25) is 19.7 Å². The Morgan fingerprint density at radius 2 is 1.92 bits per heavy atom. The Balaban J connectivity index is 1.89. The van der Waals surface area contributed by atoms with Crippen LogP contribution in [0.2, 0.25) is 5.02 Å². The molecule has 26 heavy (non-hydrogen) atoms. The number of nitro benzene ring substituents is 1. The van der Waals surface area contributed by atoms with Crippen molar-refractivity contribution in [2.45, 2.75) is 0 Å². The molecule has 0 aromatic heterocycles. The van der Waals surface area contributed by atoms with Crippen molar-refractivity contribution < 1.29 is 14.5 Å². The van der Waals surface area contributed by atoms with Crippen molar-refractivity contribution >= 4 is 63.5 Å². The summed E-state index contributed by atoms with van der Waals surface area (Å²) in [5.74, 6) is -1.11. The van der Waals surface area contributed by atoms with Gasteiger partial charge in [0.2, 0.25) is 0 Å². The van der Waals surface area contributed by atoms with Crippen molar-refractivity contribution in [1.82, 2.24) is 4.90 Å². The normalized spacial score (nSPS) is 15.6. The summed E-state index contributed by atoms with van der Waals surface area (Å²) in [6, 6.07) is 11.9. The largest absolute Gasteiger partial charge is 0.273 e. The summed E-state index contributed by atoms with van der Waals surface area (Å²) in [4.78, 5) is 36.6. The number of hydrogen-bond acceptors (Lipinski definition) is 6. The van der Waals surface area contributed by atoms with E-state index in [9.17, 15) is 19.7 Å². The molecule has 2 aromatic carbocycles. The fraction of sp³-hybridized carbons (Fsp3) is 0. The Kier molecular flexibility index (Phi) is 5.17. The topological polar surface area (TPSA) is 80.5 Å². The van der Waals surface area contributed by atoms with Crippen LogP contribution in [0.15, 0.2) is 53.4 Å². The van der Waals surface area contributed by atoms with Gasteiger partial charge >= 0.3 is 0 Å². The number of amides is 2. The number of thioether (sulfide) groups is 1. The Morgan fingerprint density at radius 3 is 2.58 bits per heavy atom. The lowest BCUT2D eigenvalue weighted by atomic mass is 10.1. The number of halogens is 1. The number of hydrogen-bond donors (Lipinski definition) is 0. The molecule has 1 saturated heterocycles. The van der Waals surface area contributed by atoms with E-state index in [1.807, 2.05) is 0 Å². The lowest BCUT2D eigenvalue weighted by Crippen LogP contribution is -2.34. The summed E-state index contributed by atoms with van der Waals surface area (Å²) in [6.07, 6.45) is 1.47. The molecule has 1 heterocycles. The maximum atomic E-state index is 12.6. The second kappa shape index (κ2) is 7.36. The van der Waals surface area contributed by atoms with Gasteiger partial charge in [-0.05, 0) is 35.9 Å². The van der Waals surface area contributed by atoms with Gasteiger partial charge in [0.1, 0.15) is 0 Å². The third kappa shape index (κ3) is 3.67. The number of imide groups is 1. The smallest absolute Gasteiger partial charge is 0.268 e. The summed E-state index contributed by atoms with van der Waals surface area (Å²) in [5.41, 5.74) is 0.660. The Bertz CT molecular complexity index is 973. The lowest BCUT2D eigenvalue weighted by molar-refractivity contribution is -0.384. The fourth-order valence-corrected chi connectivity index (χ4v) is 3.62. The van der Waals surface area contributed by atoms with E-state index in [4.69, 9.17) is 23.8 Å². The number of carbonyl (C=O) groups is 2. The highest BCUT2D eigenvalue weighted by atomic mass is 35.5. The van der Waals surface area contributed by atoms with E-state index < -0.39 is 16.7 Å². The second-order valence-electron chi connectivity index (χ2n) is 5.18. The van der Waals surface area contributed by atoms with Crippen molar-refractivity contribution in [3.8, 4) is 0 Å². The summed E-state index contributed by atoms with van der Waals surface area (Å²) >= 11 is 11.9. The van der Waals surface area contributed by atoms with Crippen LogP contribution < -0.4 is 0 Å². The van der Waals surface area contributed by atoms with Crippen LogP contribution in [0.3, 0.4) is 0 Å². The first-order valence-electron chi connectivity index (χ1n) is 7.19. The molecule has 9 heteroatoms. The quantitative estimate of drug-likeness (QED) is 0.249. The molecule has 3 rings (SSSR count). The van der Waals surface area contributed by atoms with Gasteiger partial charge in [0.25, 0.3) is 17.5 Å². The van der Waals surface area contributed by atoms with Crippen LogP contribution in [-0.4, -0.2) is 26.0 Å². The molecule has 0 saturated carbocycles. The number of rotatable bonds is 3. The maximum absolute atomic E-state index is 12.6. The zero-order chi connectivity index (χ0) is 18.8. The van der Waals surface area contributed by atoms with Crippen LogP contribution in [0.4, 0.5) is 5.69 Å². The molecule has 1 aliphatic heterocycles. The molecule has 0 unspecified atom stereocenters. The predicted octanol–water partition coefficient (Wildman–Crippen LogP) is 4.29. The van der Waals surface area contributed by atoms with Crippen molar-refractivity contribution in [3.63, 3.8) is 0 Å². The van der Waals surface area contributed by atoms with Gasteiger partial charge in [0, 0.05) is 22.7 Å². The lowest BCUT2D eigenvalue weighted by Gasteiger charge is -2.12. The first kappa shape index (κ1) is 18.2. The molecule has 2 aromatic rings. The van der Waals surface area contributed by atoms with Gasteiger partial charge < -0.3 is 0 Å². The monoisotopic (exact) mass is 404 g/mol. The zero-order valence-corrected chi connectivity index (χ0v) is 15.3. The standard InChI is InChI=1S/C17H9ClN2O4S2/c18-12-6-4-11(5-7-12)15(21)19-16(22)14(26-17(19)25)9-10-2-1-3-13(8-10)20(23)24/h1-9H. The molecule has 1 aliphatic rings. The molecule has 0 atom stereocenters. The highest BCUT2D eigenvalue weighted by molar-refractivity contribution is 8.26. The molecular weight excluding hydrogens is 396 g/mol. The third-order valence-electron chi connectivity index (χ3n) is 3.47. The molecule has 2 amide bonds. The van der Waals surface area contributed by atoms with E-state index in [1.54, 1.807) is 18.2 Å². The Hall–Kier alpha value is -2.55. The molecule has 0 N–H and O–H groups in total. The molecule has 1 fully saturated rings. The van der Waals surface area contributed by atoms with E-state index in [2.05, 4.69) is 0 Å². The van der Waals surface area contributed by atoms with Crippen LogP contribution in [0.5, 0.6) is 0 Å². The van der Waals surface area contributed by atoms with Crippen molar-refractivity contribution in [3.05, 3.63) is 79.7 Å². The van der Waals surface area contributed by atoms with Crippen LogP contribution in [0.1, 0.15) is 15.9 Å². The van der Waals surface area contributed by atoms with Gasteiger partial charge in [-0.2, -0.15) is 0 Å². The molecule has 130 valence electrons. The van der Waals surface area contributed by atoms with E-state index >= 15 is 0 Å². The van der Waals surface area contributed by atoms with Crippen molar-refractivity contribution in [1.29, 1.82) is 0 Å². The minimum Gasteiger partial charge on any atom is -0.268 e. The minimum absolute atomic E-state index is 0.0912. The number of nitrogens with zero attached hydrogens (tertiary/aromatic N) is 2. The van der Waals surface area contributed by atoms with Gasteiger partial charge in [0.05, 0.1) is 9.83 Å². The molecule has 0 bridgehead atoms. The first-order valence-corrected chi connectivity index (χ1v) is 8.79. The van der Waals surface area contributed by atoms with Gasteiger partial charge in [-0.25, -0.2) is 4.90 Å². The molecule has 0 radical (unpaired) electrons. The Morgan fingerprint density at radius 1 is 1.23 bits per heavy atom. The number of nitro groups is 1. The molecule has 6 nitrogen and oxygen atoms in total. The van der Waals surface area contributed by atoms with Gasteiger partial charge in [0.15, 0.2) is 4.32 Å². The minimum atomic E-state index is -0.563. The first-order chi connectivity index (χ1) is 12.4. The average Bonchev–Trinajstić information content (AvgIpc) is 2.89. The molecular formula is C17H9ClN2O4S2. The van der Waals surface area contributed by atoms with E-state index in [0.29, 0.717) is 10.6 Å². The number of carbonyl (C=O) groups excluding carboxylic acids is 2. The summed E-state index contributed by atoms with van der Waals surface area (Å²) in [6.45, 7) is 0. The summed E-state index contributed by atoms with van der Waals surface area (Å²) in [5, 5.41) is 11.3. The van der Waals surface area contributed by atoms with Crippen LogP contribution in [0, 0.1) is 10.1 Å². The highest BCUT2D eigenvalue weighted by Crippen LogP contribution is 2.34. The van der Waals surface area contributed by atoms with E-state index in [-0.39, 0.29) is 20.5 Å². The third-order valence-corrected chi connectivity index (χ3v) is 5.02. The summed E-state index contributed by atoms with van der Waals surface area (Å²) in [7, 11) is 0. The van der Waals surface area contributed by atoms with Crippen molar-refractivity contribution in [2.24, 2.45) is 0 Å². The van der Waals surface area contributed by atoms with Crippen LogP contribution in [0.25, 0.3) is 6.08 Å². The van der Waals surface area contributed by atoms with Crippen LogP contribution >= 0.6 is 35.6 Å². The Labute approximate surface area is 162 Å². The van der Waals surface area contributed by atoms with E-state index in [0.717, 1.165) is 16.7 Å². The molecule has 0 aliphatic carbocycles. The number of non-ortho nitro benzene ring substituents is 1. The maximum Gasteiger partial charge on any atom is 0.273 e. The highest BCUT2D eigenvalue weighted by Gasteiger charge is 2.37. The second-order valence-corrected chi connectivity index (χ2v) is 7.29. The van der Waals surface area contributed by atoms with Crippen LogP contribution in [-0.2, 0) is 4.79 Å². The SMILES string of the molecule is O=C1C(=Cc2cccc([N+](=O)[O-])c2)SC(=S)N1C(=O)c1ccc(Cl)cc1. The van der Waals surface area contributed by atoms with Gasteiger partial charge in [-0.15, -0.1) is 0 Å². The number of thiocarbonyl (C=S) groups is 1. The zero-order valence-electron chi connectivity index (χ0n) is 12.9. The average molecular weight is 405 g/mol. The van der Waals surface area contributed by atoms with Crippen molar-refractivity contribution in [2.75, 3.05) is 0 Å². The van der Waals surface area contributed by atoms with E-state index in [1.165, 1.54) is 36.4 Å². The predicted molar refractivity (Wildman–Crippen MR) is 104 cm³/mol. The fourth-order valence-electron chi connectivity index (χ4n) is 2.24. The van der Waals surface area contributed by atoms with Gasteiger partial charge in [-0.1, -0.05) is 47.7 Å². The number of benzene rings is 2.